The van der Waals surface area contributed by atoms with Crippen molar-refractivity contribution in [1.29, 1.82) is 0 Å². The third-order valence-corrected chi connectivity index (χ3v) is 3.41. The predicted octanol–water partition coefficient (Wildman–Crippen LogP) is 0.675. The molecule has 1 aliphatic rings. The second-order valence-electron chi connectivity index (χ2n) is 3.48. The van der Waals surface area contributed by atoms with Gasteiger partial charge in [-0.05, 0) is 11.4 Å². The first-order chi connectivity index (χ1) is 7.59. The highest BCUT2D eigenvalue weighted by atomic mass is 32.1. The van der Waals surface area contributed by atoms with Gasteiger partial charge in [0.1, 0.15) is 6.54 Å². The summed E-state index contributed by atoms with van der Waals surface area (Å²) in [7, 11) is 0. The number of carbonyl (C=O) groups is 3. The molecule has 1 aromatic heterocycles. The van der Waals surface area contributed by atoms with Crippen molar-refractivity contribution >= 4 is 29.1 Å². The number of rotatable bonds is 3. The van der Waals surface area contributed by atoms with Crippen LogP contribution in [-0.4, -0.2) is 34.3 Å². The summed E-state index contributed by atoms with van der Waals surface area (Å²) in [5.41, 5.74) is 0. The Labute approximate surface area is 95.3 Å². The Bertz CT molecular complexity index is 440. The first-order valence-corrected chi connectivity index (χ1v) is 5.57. The second-order valence-corrected chi connectivity index (χ2v) is 4.46. The van der Waals surface area contributed by atoms with E-state index in [1.54, 1.807) is 12.1 Å². The lowest BCUT2D eigenvalue weighted by molar-refractivity contribution is -0.148. The van der Waals surface area contributed by atoms with Gasteiger partial charge in [0.05, 0.1) is 5.92 Å². The molecule has 1 N–H and O–H groups in total. The van der Waals surface area contributed by atoms with E-state index in [2.05, 4.69) is 0 Å². The zero-order valence-corrected chi connectivity index (χ0v) is 9.07. The van der Waals surface area contributed by atoms with Gasteiger partial charge >= 0.3 is 5.97 Å². The van der Waals surface area contributed by atoms with Crippen LogP contribution in [0, 0.1) is 0 Å². The van der Waals surface area contributed by atoms with Crippen LogP contribution in [-0.2, 0) is 14.4 Å². The van der Waals surface area contributed by atoms with Crippen LogP contribution in [0.15, 0.2) is 17.5 Å². The number of hydrogen-bond donors (Lipinski definition) is 1. The minimum absolute atomic E-state index is 0.0760. The topological polar surface area (TPSA) is 74.7 Å². The molecule has 0 aromatic carbocycles. The van der Waals surface area contributed by atoms with Gasteiger partial charge in [-0.25, -0.2) is 0 Å². The van der Waals surface area contributed by atoms with E-state index < -0.39 is 30.2 Å². The summed E-state index contributed by atoms with van der Waals surface area (Å²) in [5, 5.41) is 10.4. The van der Waals surface area contributed by atoms with E-state index in [9.17, 15) is 14.4 Å². The monoisotopic (exact) mass is 239 g/mol. The van der Waals surface area contributed by atoms with Gasteiger partial charge < -0.3 is 5.11 Å². The quantitative estimate of drug-likeness (QED) is 0.787. The summed E-state index contributed by atoms with van der Waals surface area (Å²) in [6.07, 6.45) is 0.0760. The number of likely N-dealkylation sites (tertiary alicyclic amines) is 1. The SMILES string of the molecule is O=C(O)CN1C(=O)CC(c2cccs2)C1=O. The molecule has 1 fully saturated rings. The molecule has 2 amide bonds. The molecule has 1 saturated heterocycles. The Morgan fingerprint density at radius 1 is 1.56 bits per heavy atom. The standard InChI is InChI=1S/C10H9NO4S/c12-8-4-6(7-2-1-3-16-7)10(15)11(8)5-9(13)14/h1-3,6H,4-5H2,(H,13,14). The molecule has 5 nitrogen and oxygen atoms in total. The molecular formula is C10H9NO4S. The molecule has 1 atom stereocenters. The minimum atomic E-state index is -1.17. The molecule has 2 heterocycles. The summed E-state index contributed by atoms with van der Waals surface area (Å²) >= 11 is 1.40. The van der Waals surface area contributed by atoms with Crippen molar-refractivity contribution in [2.45, 2.75) is 12.3 Å². The van der Waals surface area contributed by atoms with Crippen LogP contribution < -0.4 is 0 Å². The number of carboxylic acids is 1. The summed E-state index contributed by atoms with van der Waals surface area (Å²) in [5.74, 6) is -2.49. The molecular weight excluding hydrogens is 230 g/mol. The number of nitrogens with zero attached hydrogens (tertiary/aromatic N) is 1. The zero-order chi connectivity index (χ0) is 11.7. The first-order valence-electron chi connectivity index (χ1n) is 4.69. The van der Waals surface area contributed by atoms with Gasteiger partial charge in [0.25, 0.3) is 0 Å². The van der Waals surface area contributed by atoms with Gasteiger partial charge in [-0.2, -0.15) is 0 Å². The summed E-state index contributed by atoms with van der Waals surface area (Å²) in [6, 6.07) is 3.59. The van der Waals surface area contributed by atoms with E-state index in [1.807, 2.05) is 5.38 Å². The highest BCUT2D eigenvalue weighted by Crippen LogP contribution is 2.32. The molecule has 1 unspecified atom stereocenters. The van der Waals surface area contributed by atoms with Crippen LogP contribution in [0.3, 0.4) is 0 Å². The molecule has 84 valence electrons. The first kappa shape index (κ1) is 10.8. The van der Waals surface area contributed by atoms with Crippen molar-refractivity contribution in [3.8, 4) is 0 Å². The Hall–Kier alpha value is -1.69. The fourth-order valence-corrected chi connectivity index (χ4v) is 2.52. The van der Waals surface area contributed by atoms with Crippen molar-refractivity contribution in [3.63, 3.8) is 0 Å². The molecule has 0 radical (unpaired) electrons. The van der Waals surface area contributed by atoms with E-state index in [0.29, 0.717) is 0 Å². The van der Waals surface area contributed by atoms with Gasteiger partial charge in [-0.3, -0.25) is 19.3 Å². The second kappa shape index (κ2) is 4.05. The number of carboxylic acid groups (broad SMARTS) is 1. The molecule has 1 aromatic rings. The summed E-state index contributed by atoms with van der Waals surface area (Å²) in [4.78, 5) is 35.4. The molecule has 1 aliphatic heterocycles. The van der Waals surface area contributed by atoms with Gasteiger partial charge in [0.15, 0.2) is 0 Å². The van der Waals surface area contributed by atoms with Crippen LogP contribution >= 0.6 is 11.3 Å². The lowest BCUT2D eigenvalue weighted by Crippen LogP contribution is -2.35. The smallest absolute Gasteiger partial charge is 0.323 e. The molecule has 0 saturated carbocycles. The fraction of sp³-hybridized carbons (Fsp3) is 0.300. The van der Waals surface area contributed by atoms with Crippen LogP contribution in [0.1, 0.15) is 17.2 Å². The normalized spacial score (nSPS) is 20.5. The maximum atomic E-state index is 11.8. The maximum Gasteiger partial charge on any atom is 0.323 e. The molecule has 6 heteroatoms. The highest BCUT2D eigenvalue weighted by molar-refractivity contribution is 7.10. The van der Waals surface area contributed by atoms with Gasteiger partial charge in [0.2, 0.25) is 11.8 Å². The third kappa shape index (κ3) is 1.83. The van der Waals surface area contributed by atoms with Gasteiger partial charge in [-0.1, -0.05) is 6.07 Å². The minimum Gasteiger partial charge on any atom is -0.480 e. The van der Waals surface area contributed by atoms with E-state index >= 15 is 0 Å². The third-order valence-electron chi connectivity index (χ3n) is 2.42. The van der Waals surface area contributed by atoms with Crippen LogP contribution in [0.25, 0.3) is 0 Å². The van der Waals surface area contributed by atoms with E-state index in [0.717, 1.165) is 9.78 Å². The van der Waals surface area contributed by atoms with Crippen molar-refractivity contribution in [3.05, 3.63) is 22.4 Å². The van der Waals surface area contributed by atoms with E-state index in [1.165, 1.54) is 11.3 Å². The number of thiophene rings is 1. The van der Waals surface area contributed by atoms with Crippen molar-refractivity contribution in [1.82, 2.24) is 4.90 Å². The van der Waals surface area contributed by atoms with Crippen molar-refractivity contribution < 1.29 is 19.5 Å². The highest BCUT2D eigenvalue weighted by Gasteiger charge is 2.40. The molecule has 0 bridgehead atoms. The predicted molar refractivity (Wildman–Crippen MR) is 56.0 cm³/mol. The number of amides is 2. The summed E-state index contributed by atoms with van der Waals surface area (Å²) in [6.45, 7) is -0.542. The van der Waals surface area contributed by atoms with Gasteiger partial charge in [0, 0.05) is 11.3 Å². The van der Waals surface area contributed by atoms with E-state index in [4.69, 9.17) is 5.11 Å². The molecule has 0 aliphatic carbocycles. The summed E-state index contributed by atoms with van der Waals surface area (Å²) < 4.78 is 0. The van der Waals surface area contributed by atoms with Crippen molar-refractivity contribution in [2.75, 3.05) is 6.54 Å². The van der Waals surface area contributed by atoms with Gasteiger partial charge in [-0.15, -0.1) is 11.3 Å². The number of hydrogen-bond acceptors (Lipinski definition) is 4. The average Bonchev–Trinajstić information content (AvgIpc) is 2.80. The largest absolute Gasteiger partial charge is 0.480 e. The number of carbonyl (C=O) groups excluding carboxylic acids is 2. The van der Waals surface area contributed by atoms with Crippen LogP contribution in [0.4, 0.5) is 0 Å². The van der Waals surface area contributed by atoms with E-state index in [-0.39, 0.29) is 6.42 Å². The fourth-order valence-electron chi connectivity index (χ4n) is 1.70. The maximum absolute atomic E-state index is 11.8. The average molecular weight is 239 g/mol. The molecule has 2 rings (SSSR count). The Morgan fingerprint density at radius 2 is 2.31 bits per heavy atom. The Morgan fingerprint density at radius 3 is 2.88 bits per heavy atom. The van der Waals surface area contributed by atoms with Crippen molar-refractivity contribution in [2.24, 2.45) is 0 Å². The Balaban J connectivity index is 2.19. The lowest BCUT2D eigenvalue weighted by Gasteiger charge is -2.11. The Kier molecular flexibility index (Phi) is 2.74. The molecule has 0 spiro atoms. The lowest BCUT2D eigenvalue weighted by atomic mass is 10.1. The zero-order valence-electron chi connectivity index (χ0n) is 8.25. The number of imide groups is 1. The van der Waals surface area contributed by atoms with Crippen LogP contribution in [0.5, 0.6) is 0 Å². The molecule has 16 heavy (non-hydrogen) atoms. The number of aliphatic carboxylic acids is 1. The van der Waals surface area contributed by atoms with Crippen LogP contribution in [0.2, 0.25) is 0 Å².